The third kappa shape index (κ3) is 10.7. The van der Waals surface area contributed by atoms with Gasteiger partial charge in [0.1, 0.15) is 6.29 Å². The molecule has 0 saturated heterocycles. The molecular weight excluding hydrogens is 347 g/mol. The fourth-order valence-corrected chi connectivity index (χ4v) is 2.18. The van der Waals surface area contributed by atoms with Crippen LogP contribution in [0.3, 0.4) is 0 Å². The first-order valence-corrected chi connectivity index (χ1v) is 8.54. The first kappa shape index (κ1) is 23.9. The van der Waals surface area contributed by atoms with E-state index in [-0.39, 0.29) is 18.9 Å². The molecule has 1 aliphatic heterocycles. The first-order valence-electron chi connectivity index (χ1n) is 8.54. The molecule has 0 spiro atoms. The summed E-state index contributed by atoms with van der Waals surface area (Å²) in [6, 6.07) is 5.77. The Morgan fingerprint density at radius 3 is 2.38 bits per heavy atom. The number of hydrogen-bond donors (Lipinski definition) is 3. The van der Waals surface area contributed by atoms with E-state index < -0.39 is 6.18 Å². The maximum atomic E-state index is 11.2. The standard InChI is InChI=1S/C14H19N3O2.C2H3F3.C2H6/c1-15-14(19)5-4-13(9-18)17-12-3-2-10-7-16-8-11(10)6-12;1-2(3,4)5;1-2/h2-3,6,9,13,16-17H,4-5,7-8H2,1H3,(H,15,19);1H3;1-2H3. The Morgan fingerprint density at radius 1 is 1.27 bits per heavy atom. The number of nitrogens with one attached hydrogen (secondary N) is 3. The molecule has 0 saturated carbocycles. The summed E-state index contributed by atoms with van der Waals surface area (Å²) < 4.78 is 31.1. The number of carbonyl (C=O) groups excluding carboxylic acids is 2. The Morgan fingerprint density at radius 2 is 1.85 bits per heavy atom. The van der Waals surface area contributed by atoms with Crippen molar-refractivity contribution in [2.45, 2.75) is 58.9 Å². The van der Waals surface area contributed by atoms with Crippen molar-refractivity contribution < 1.29 is 22.8 Å². The van der Waals surface area contributed by atoms with Gasteiger partial charge in [-0.3, -0.25) is 4.79 Å². The fourth-order valence-electron chi connectivity index (χ4n) is 2.18. The zero-order chi connectivity index (χ0) is 20.2. The Kier molecular flexibility index (Phi) is 11.3. The zero-order valence-electron chi connectivity index (χ0n) is 15.7. The van der Waals surface area contributed by atoms with Crippen LogP contribution in [0, 0.1) is 0 Å². The number of benzene rings is 1. The fraction of sp³-hybridized carbons (Fsp3) is 0.556. The van der Waals surface area contributed by atoms with Crippen LogP contribution in [0.15, 0.2) is 18.2 Å². The molecule has 1 atom stereocenters. The maximum absolute atomic E-state index is 11.2. The molecular formula is C18H28F3N3O2. The summed E-state index contributed by atoms with van der Waals surface area (Å²) in [5, 5.41) is 8.99. The highest BCUT2D eigenvalue weighted by atomic mass is 19.4. The molecule has 1 heterocycles. The van der Waals surface area contributed by atoms with E-state index in [2.05, 4.69) is 28.1 Å². The van der Waals surface area contributed by atoms with Crippen LogP contribution in [0.2, 0.25) is 0 Å². The lowest BCUT2D eigenvalue weighted by molar-refractivity contribution is -0.120. The van der Waals surface area contributed by atoms with Crippen LogP contribution in [0.5, 0.6) is 0 Å². The van der Waals surface area contributed by atoms with Crippen LogP contribution < -0.4 is 16.0 Å². The molecule has 0 bridgehead atoms. The van der Waals surface area contributed by atoms with Crippen molar-refractivity contribution in [3.05, 3.63) is 29.3 Å². The molecule has 0 aliphatic carbocycles. The van der Waals surface area contributed by atoms with Crippen molar-refractivity contribution in [1.82, 2.24) is 10.6 Å². The summed E-state index contributed by atoms with van der Waals surface area (Å²) in [6.07, 6.45) is -2.30. The first-order chi connectivity index (χ1) is 12.2. The number of aldehydes is 1. The molecule has 26 heavy (non-hydrogen) atoms. The van der Waals surface area contributed by atoms with E-state index in [1.54, 1.807) is 7.05 Å². The topological polar surface area (TPSA) is 70.2 Å². The molecule has 1 aromatic carbocycles. The summed E-state index contributed by atoms with van der Waals surface area (Å²) in [7, 11) is 1.60. The molecule has 148 valence electrons. The normalized spacial score (nSPS) is 13.2. The number of carbonyl (C=O) groups is 2. The predicted octanol–water partition coefficient (Wildman–Crippen LogP) is 3.39. The molecule has 1 amide bonds. The van der Waals surface area contributed by atoms with E-state index in [4.69, 9.17) is 0 Å². The summed E-state index contributed by atoms with van der Waals surface area (Å²) >= 11 is 0. The van der Waals surface area contributed by atoms with Crippen LogP contribution in [-0.2, 0) is 22.7 Å². The van der Waals surface area contributed by atoms with Gasteiger partial charge < -0.3 is 20.7 Å². The van der Waals surface area contributed by atoms with Crippen LogP contribution in [-0.4, -0.2) is 31.5 Å². The van der Waals surface area contributed by atoms with Gasteiger partial charge in [-0.1, -0.05) is 19.9 Å². The van der Waals surface area contributed by atoms with E-state index >= 15 is 0 Å². The van der Waals surface area contributed by atoms with Crippen LogP contribution in [0.25, 0.3) is 0 Å². The Bertz CT molecular complexity index is 557. The quantitative estimate of drug-likeness (QED) is 0.667. The van der Waals surface area contributed by atoms with Crippen molar-refractivity contribution >= 4 is 17.9 Å². The average molecular weight is 375 g/mol. The highest BCUT2D eigenvalue weighted by Crippen LogP contribution is 2.20. The second-order valence-corrected chi connectivity index (χ2v) is 5.47. The minimum Gasteiger partial charge on any atom is -0.376 e. The van der Waals surface area contributed by atoms with Crippen molar-refractivity contribution in [2.24, 2.45) is 0 Å². The molecule has 1 unspecified atom stereocenters. The van der Waals surface area contributed by atoms with Gasteiger partial charge in [-0.2, -0.15) is 13.2 Å². The summed E-state index contributed by atoms with van der Waals surface area (Å²) in [4.78, 5) is 22.2. The third-order valence-electron chi connectivity index (χ3n) is 3.31. The second-order valence-electron chi connectivity index (χ2n) is 5.47. The number of hydrogen-bond acceptors (Lipinski definition) is 4. The number of anilines is 1. The highest BCUT2D eigenvalue weighted by molar-refractivity contribution is 5.76. The highest BCUT2D eigenvalue weighted by Gasteiger charge is 2.15. The Hall–Kier alpha value is -2.09. The number of fused-ring (bicyclic) bond motifs is 1. The molecule has 0 aromatic heterocycles. The minimum atomic E-state index is -4.00. The van der Waals surface area contributed by atoms with Gasteiger partial charge in [0, 0.05) is 39.2 Å². The van der Waals surface area contributed by atoms with Crippen molar-refractivity contribution in [1.29, 1.82) is 0 Å². The van der Waals surface area contributed by atoms with Crippen LogP contribution in [0.4, 0.5) is 18.9 Å². The van der Waals surface area contributed by atoms with E-state index in [1.165, 1.54) is 11.1 Å². The second kappa shape index (κ2) is 12.3. The van der Waals surface area contributed by atoms with Gasteiger partial charge in [-0.25, -0.2) is 0 Å². The van der Waals surface area contributed by atoms with Crippen LogP contribution in [0.1, 0.15) is 44.7 Å². The smallest absolute Gasteiger partial charge is 0.376 e. The van der Waals surface area contributed by atoms with Crippen LogP contribution >= 0.6 is 0 Å². The van der Waals surface area contributed by atoms with Crippen molar-refractivity contribution in [3.63, 3.8) is 0 Å². The van der Waals surface area contributed by atoms with Gasteiger partial charge >= 0.3 is 6.18 Å². The molecule has 5 nitrogen and oxygen atoms in total. The molecule has 0 fully saturated rings. The van der Waals surface area contributed by atoms with Crippen molar-refractivity contribution in [2.75, 3.05) is 12.4 Å². The van der Waals surface area contributed by atoms with E-state index in [1.807, 2.05) is 19.9 Å². The number of rotatable bonds is 6. The maximum Gasteiger partial charge on any atom is 0.386 e. The average Bonchev–Trinajstić information content (AvgIpc) is 3.06. The van der Waals surface area contributed by atoms with E-state index in [0.29, 0.717) is 12.8 Å². The molecule has 1 aromatic rings. The van der Waals surface area contributed by atoms with Crippen molar-refractivity contribution in [3.8, 4) is 0 Å². The third-order valence-corrected chi connectivity index (χ3v) is 3.31. The Labute approximate surface area is 152 Å². The lowest BCUT2D eigenvalue weighted by atomic mass is 10.1. The van der Waals surface area contributed by atoms with Gasteiger partial charge in [0.05, 0.1) is 6.04 Å². The summed E-state index contributed by atoms with van der Waals surface area (Å²) in [5.74, 6) is -0.0493. The number of alkyl halides is 3. The molecule has 2 rings (SSSR count). The van der Waals surface area contributed by atoms with E-state index in [9.17, 15) is 22.8 Å². The minimum absolute atomic E-state index is 0.0493. The molecule has 0 radical (unpaired) electrons. The summed E-state index contributed by atoms with van der Waals surface area (Å²) in [5.41, 5.74) is 3.50. The lowest BCUT2D eigenvalue weighted by Crippen LogP contribution is -2.25. The van der Waals surface area contributed by atoms with Gasteiger partial charge in [-0.15, -0.1) is 0 Å². The zero-order valence-corrected chi connectivity index (χ0v) is 15.7. The molecule has 3 N–H and O–H groups in total. The largest absolute Gasteiger partial charge is 0.386 e. The lowest BCUT2D eigenvalue weighted by Gasteiger charge is -2.14. The predicted molar refractivity (Wildman–Crippen MR) is 96.8 cm³/mol. The molecule has 1 aliphatic rings. The Balaban J connectivity index is 0.000000772. The van der Waals surface area contributed by atoms with Gasteiger partial charge in [0.15, 0.2) is 0 Å². The van der Waals surface area contributed by atoms with Gasteiger partial charge in [-0.05, 0) is 29.7 Å². The summed E-state index contributed by atoms with van der Waals surface area (Å²) in [6.45, 7) is 5.96. The SMILES string of the molecule is CC.CC(F)(F)F.CNC(=O)CCC(C=O)Nc1ccc2c(c1)CNC2. The van der Waals surface area contributed by atoms with Gasteiger partial charge in [0.2, 0.25) is 5.91 Å². The van der Waals surface area contributed by atoms with E-state index in [0.717, 1.165) is 25.1 Å². The van der Waals surface area contributed by atoms with Gasteiger partial charge in [0.25, 0.3) is 0 Å². The number of halogens is 3. The number of amides is 1. The monoisotopic (exact) mass is 375 g/mol. The molecule has 8 heteroatoms.